The Bertz CT molecular complexity index is 1220. The van der Waals surface area contributed by atoms with Gasteiger partial charge in [0, 0.05) is 12.2 Å². The molecule has 3 fully saturated rings. The Hall–Kier alpha value is -3.30. The van der Waals surface area contributed by atoms with Gasteiger partial charge in [-0.05, 0) is 123 Å². The van der Waals surface area contributed by atoms with E-state index in [4.69, 9.17) is 28.4 Å². The maximum atomic E-state index is 11.2. The van der Waals surface area contributed by atoms with Crippen LogP contribution in [-0.2, 0) is 51.2 Å². The van der Waals surface area contributed by atoms with E-state index in [9.17, 15) is 9.59 Å². The number of carbonyl (C=O) groups excluding carboxylic acids is 2. The first-order valence-electron chi connectivity index (χ1n) is 18.7. The quantitative estimate of drug-likeness (QED) is 0.0874. The molecule has 272 valence electrons. The van der Waals surface area contributed by atoms with Crippen LogP contribution in [0.5, 0.6) is 0 Å². The van der Waals surface area contributed by atoms with Crippen LogP contribution in [0.1, 0.15) is 111 Å². The van der Waals surface area contributed by atoms with Gasteiger partial charge in [0.15, 0.2) is 0 Å². The summed E-state index contributed by atoms with van der Waals surface area (Å²) in [6.07, 6.45) is 15.0. The van der Waals surface area contributed by atoms with E-state index >= 15 is 0 Å². The monoisotopic (exact) mass is 688 g/mol. The van der Waals surface area contributed by atoms with Crippen molar-refractivity contribution in [3.63, 3.8) is 0 Å². The minimum Gasteiger partial charge on any atom is -0.463 e. The molecule has 0 bridgehead atoms. The average molecular weight is 689 g/mol. The first kappa shape index (κ1) is 37.9. The lowest BCUT2D eigenvalue weighted by Crippen LogP contribution is -2.41. The molecule has 1 saturated heterocycles. The summed E-state index contributed by atoms with van der Waals surface area (Å²) < 4.78 is 34.4. The minimum absolute atomic E-state index is 0.335. The van der Waals surface area contributed by atoms with E-state index in [0.717, 1.165) is 36.8 Å². The molecule has 2 aliphatic carbocycles. The summed E-state index contributed by atoms with van der Waals surface area (Å²) in [5.74, 6) is 1.94. The molecule has 1 heterocycles. The second kappa shape index (κ2) is 20.5. The predicted octanol–water partition coefficient (Wildman–Crippen LogP) is 8.69. The van der Waals surface area contributed by atoms with Crippen LogP contribution < -0.4 is 0 Å². The highest BCUT2D eigenvalue weighted by Crippen LogP contribution is 2.39. The predicted molar refractivity (Wildman–Crippen MR) is 192 cm³/mol. The van der Waals surface area contributed by atoms with E-state index in [-0.39, 0.29) is 11.9 Å². The van der Waals surface area contributed by atoms with E-state index in [2.05, 4.69) is 61.7 Å². The fraction of sp³-hybridized carbons (Fsp3) is 0.571. The molecule has 50 heavy (non-hydrogen) atoms. The number of ether oxygens (including phenoxy) is 6. The lowest BCUT2D eigenvalue weighted by molar-refractivity contribution is -0.326. The van der Waals surface area contributed by atoms with Gasteiger partial charge in [0.1, 0.15) is 0 Å². The normalized spacial score (nSPS) is 25.4. The number of rotatable bonds is 18. The molecular formula is C42H56O8. The van der Waals surface area contributed by atoms with Crippen LogP contribution in [0.25, 0.3) is 0 Å². The molecule has 2 atom stereocenters. The summed E-state index contributed by atoms with van der Waals surface area (Å²) in [4.78, 5) is 22.4. The van der Waals surface area contributed by atoms with Gasteiger partial charge in [0.25, 0.3) is 0 Å². The molecule has 0 N–H and O–H groups in total. The standard InChI is InChI=1S/C42H56O8/c1-3-39(43)45-25-5-7-31-9-17-35(18-10-31)37-21-13-33(14-22-37)29-49-41-42(48-28-27-47-41)50-30-34-15-23-38(24-16-34)36-19-11-32(12-20-36)8-6-26-46-40(44)4-2/h3-4,13-16,21-24,31-32,35-36,41-42H,1-2,5-12,17-20,25-30H2. The van der Waals surface area contributed by atoms with Crippen molar-refractivity contribution in [2.45, 2.75) is 115 Å². The lowest BCUT2D eigenvalue weighted by Gasteiger charge is -2.31. The summed E-state index contributed by atoms with van der Waals surface area (Å²) in [6.45, 7) is 9.66. The van der Waals surface area contributed by atoms with Crippen molar-refractivity contribution in [2.24, 2.45) is 11.8 Å². The Labute approximate surface area is 298 Å². The van der Waals surface area contributed by atoms with Crippen molar-refractivity contribution < 1.29 is 38.0 Å². The van der Waals surface area contributed by atoms with E-state index in [1.165, 1.54) is 74.6 Å². The van der Waals surface area contributed by atoms with Gasteiger partial charge in [-0.2, -0.15) is 0 Å². The van der Waals surface area contributed by atoms with E-state index in [1.807, 2.05) is 0 Å². The molecule has 0 amide bonds. The third kappa shape index (κ3) is 12.2. The Morgan fingerprint density at radius 1 is 0.600 bits per heavy atom. The van der Waals surface area contributed by atoms with Gasteiger partial charge in [-0.15, -0.1) is 0 Å². The van der Waals surface area contributed by atoms with Crippen LogP contribution >= 0.6 is 0 Å². The van der Waals surface area contributed by atoms with Crippen LogP contribution in [0.3, 0.4) is 0 Å². The Balaban J connectivity index is 0.984. The molecule has 5 rings (SSSR count). The molecule has 2 aromatic carbocycles. The van der Waals surface area contributed by atoms with Gasteiger partial charge in [-0.25, -0.2) is 9.59 Å². The maximum absolute atomic E-state index is 11.2. The summed E-state index contributed by atoms with van der Waals surface area (Å²) >= 11 is 0. The summed E-state index contributed by atoms with van der Waals surface area (Å²) in [7, 11) is 0. The first-order valence-corrected chi connectivity index (χ1v) is 18.7. The van der Waals surface area contributed by atoms with Gasteiger partial charge in [-0.3, -0.25) is 0 Å². The molecule has 8 nitrogen and oxygen atoms in total. The zero-order valence-corrected chi connectivity index (χ0v) is 29.6. The highest BCUT2D eigenvalue weighted by Gasteiger charge is 2.29. The highest BCUT2D eigenvalue weighted by molar-refractivity contribution is 5.81. The average Bonchev–Trinajstić information content (AvgIpc) is 3.17. The van der Waals surface area contributed by atoms with Gasteiger partial charge >= 0.3 is 11.9 Å². The first-order chi connectivity index (χ1) is 24.5. The van der Waals surface area contributed by atoms with Gasteiger partial charge in [0.05, 0.1) is 39.6 Å². The Morgan fingerprint density at radius 2 is 0.980 bits per heavy atom. The second-order valence-corrected chi connectivity index (χ2v) is 14.0. The van der Waals surface area contributed by atoms with Crippen LogP contribution in [0.4, 0.5) is 0 Å². The van der Waals surface area contributed by atoms with E-state index in [0.29, 0.717) is 63.3 Å². The highest BCUT2D eigenvalue weighted by atomic mass is 16.8. The van der Waals surface area contributed by atoms with Gasteiger partial charge < -0.3 is 28.4 Å². The largest absolute Gasteiger partial charge is 0.463 e. The van der Waals surface area contributed by atoms with Gasteiger partial charge in [-0.1, -0.05) is 61.7 Å². The van der Waals surface area contributed by atoms with Gasteiger partial charge in [0.2, 0.25) is 12.6 Å². The SMILES string of the molecule is C=CC(=O)OCCCC1CCC(c2ccc(COC3OCCOC3OCc3ccc(C4CCC(CCCOC(=O)C=C)CC4)cc3)cc2)CC1. The Morgan fingerprint density at radius 3 is 1.34 bits per heavy atom. The van der Waals surface area contributed by atoms with Crippen molar-refractivity contribution in [1.29, 1.82) is 0 Å². The molecule has 3 aliphatic rings. The minimum atomic E-state index is -0.581. The van der Waals surface area contributed by atoms with Crippen molar-refractivity contribution in [2.75, 3.05) is 26.4 Å². The lowest BCUT2D eigenvalue weighted by atomic mass is 9.77. The molecule has 0 spiro atoms. The smallest absolute Gasteiger partial charge is 0.330 e. The van der Waals surface area contributed by atoms with Crippen LogP contribution in [0.15, 0.2) is 73.8 Å². The molecule has 1 aliphatic heterocycles. The fourth-order valence-corrected chi connectivity index (χ4v) is 7.64. The fourth-order valence-electron chi connectivity index (χ4n) is 7.64. The second-order valence-electron chi connectivity index (χ2n) is 14.0. The van der Waals surface area contributed by atoms with Crippen LogP contribution in [0.2, 0.25) is 0 Å². The zero-order chi connectivity index (χ0) is 35.0. The third-order valence-corrected chi connectivity index (χ3v) is 10.6. The number of hydrogen-bond donors (Lipinski definition) is 0. The van der Waals surface area contributed by atoms with Crippen molar-refractivity contribution in [3.05, 3.63) is 96.1 Å². The molecule has 2 unspecified atom stereocenters. The molecule has 2 aromatic rings. The summed E-state index contributed by atoms with van der Waals surface area (Å²) in [5.41, 5.74) is 4.99. The summed E-state index contributed by atoms with van der Waals surface area (Å²) in [5, 5.41) is 0. The molecular weight excluding hydrogens is 632 g/mol. The Kier molecular flexibility index (Phi) is 15.6. The summed E-state index contributed by atoms with van der Waals surface area (Å²) in [6, 6.07) is 17.6. The number of esters is 2. The molecule has 8 heteroatoms. The third-order valence-electron chi connectivity index (χ3n) is 10.6. The number of carbonyl (C=O) groups is 2. The van der Waals surface area contributed by atoms with Crippen molar-refractivity contribution >= 4 is 11.9 Å². The number of hydrogen-bond acceptors (Lipinski definition) is 8. The van der Waals surface area contributed by atoms with Crippen LogP contribution in [0, 0.1) is 11.8 Å². The zero-order valence-electron chi connectivity index (χ0n) is 29.6. The molecule has 2 saturated carbocycles. The molecule has 0 aromatic heterocycles. The van der Waals surface area contributed by atoms with E-state index < -0.39 is 12.6 Å². The molecule has 0 radical (unpaired) electrons. The van der Waals surface area contributed by atoms with E-state index in [1.54, 1.807) is 0 Å². The topological polar surface area (TPSA) is 89.5 Å². The maximum Gasteiger partial charge on any atom is 0.330 e. The van der Waals surface area contributed by atoms with Crippen molar-refractivity contribution in [3.8, 4) is 0 Å². The van der Waals surface area contributed by atoms with Crippen molar-refractivity contribution in [1.82, 2.24) is 0 Å². The number of benzene rings is 2. The van der Waals surface area contributed by atoms with Crippen LogP contribution in [-0.4, -0.2) is 50.9 Å².